The van der Waals surface area contributed by atoms with Gasteiger partial charge < -0.3 is 9.64 Å². The van der Waals surface area contributed by atoms with Crippen molar-refractivity contribution in [3.8, 4) is 0 Å². The van der Waals surface area contributed by atoms with Gasteiger partial charge in [0.1, 0.15) is 11.7 Å². The number of fused-ring (bicyclic) bond motifs is 2. The summed E-state index contributed by atoms with van der Waals surface area (Å²) in [5.74, 6) is 0. The third-order valence-electron chi connectivity index (χ3n) is 5.57. The van der Waals surface area contributed by atoms with Crippen LogP contribution in [0, 0.1) is 0 Å². The molecule has 2 aromatic carbocycles. The van der Waals surface area contributed by atoms with E-state index in [1.807, 2.05) is 0 Å². The molecule has 0 amide bonds. The van der Waals surface area contributed by atoms with E-state index in [0.29, 0.717) is 6.04 Å². The molecule has 0 bridgehead atoms. The second-order valence-electron chi connectivity index (χ2n) is 7.11. The first-order chi connectivity index (χ1) is 11.2. The van der Waals surface area contributed by atoms with Crippen molar-refractivity contribution in [2.45, 2.75) is 43.4 Å². The van der Waals surface area contributed by atoms with E-state index in [4.69, 9.17) is 4.74 Å². The smallest absolute Gasteiger partial charge is 0.110 e. The van der Waals surface area contributed by atoms with Crippen LogP contribution in [0.3, 0.4) is 0 Å². The fraction of sp³-hybridized carbons (Fsp3) is 0.429. The molecule has 2 nitrogen and oxygen atoms in total. The Labute approximate surface area is 139 Å². The maximum absolute atomic E-state index is 6.88. The van der Waals surface area contributed by atoms with E-state index >= 15 is 0 Å². The topological polar surface area (TPSA) is 12.5 Å². The lowest BCUT2D eigenvalue weighted by Gasteiger charge is -2.45. The first kappa shape index (κ1) is 14.9. The average molecular weight is 307 g/mol. The molecular formula is C21H25NO. The number of benzene rings is 2. The van der Waals surface area contributed by atoms with E-state index in [1.165, 1.54) is 36.0 Å². The molecule has 1 fully saturated rings. The fourth-order valence-electron chi connectivity index (χ4n) is 4.58. The summed E-state index contributed by atoms with van der Waals surface area (Å²) in [6, 6.07) is 20.0. The highest BCUT2D eigenvalue weighted by Gasteiger charge is 2.51. The number of hydrogen-bond acceptors (Lipinski definition) is 2. The first-order valence-corrected chi connectivity index (χ1v) is 8.71. The highest BCUT2D eigenvalue weighted by Crippen LogP contribution is 2.53. The van der Waals surface area contributed by atoms with Crippen LogP contribution in [-0.4, -0.2) is 25.0 Å². The number of hydrogen-bond donors (Lipinski definition) is 0. The van der Waals surface area contributed by atoms with Crippen LogP contribution in [0.1, 0.15) is 48.5 Å². The maximum Gasteiger partial charge on any atom is 0.110 e. The number of ether oxygens (including phenoxy) is 1. The van der Waals surface area contributed by atoms with Gasteiger partial charge in [-0.1, -0.05) is 67.4 Å². The highest BCUT2D eigenvalue weighted by molar-refractivity contribution is 5.44. The van der Waals surface area contributed by atoms with Crippen LogP contribution in [-0.2, 0) is 10.3 Å². The van der Waals surface area contributed by atoms with Crippen LogP contribution in [0.4, 0.5) is 0 Å². The quantitative estimate of drug-likeness (QED) is 0.809. The molecule has 0 radical (unpaired) electrons. The van der Waals surface area contributed by atoms with Crippen molar-refractivity contribution < 1.29 is 4.74 Å². The van der Waals surface area contributed by atoms with Gasteiger partial charge in [-0.2, -0.15) is 0 Å². The molecule has 1 aliphatic carbocycles. The summed E-state index contributed by atoms with van der Waals surface area (Å²) in [5, 5.41) is 0. The van der Waals surface area contributed by atoms with Gasteiger partial charge in [0, 0.05) is 6.04 Å². The normalized spacial score (nSPS) is 29.9. The Hall–Kier alpha value is -1.64. The Kier molecular flexibility index (Phi) is 3.74. The molecule has 1 heterocycles. The molecule has 0 saturated heterocycles. The lowest BCUT2D eigenvalue weighted by molar-refractivity contribution is -0.126. The van der Waals surface area contributed by atoms with Gasteiger partial charge >= 0.3 is 0 Å². The number of nitrogens with zero attached hydrogens (tertiary/aromatic N) is 1. The molecule has 23 heavy (non-hydrogen) atoms. The SMILES string of the molecule is CN(C)C1CCCCC12OC(c1ccccc1)c1ccccc12. The zero-order valence-electron chi connectivity index (χ0n) is 14.0. The zero-order valence-corrected chi connectivity index (χ0v) is 14.0. The molecule has 1 saturated carbocycles. The summed E-state index contributed by atoms with van der Waals surface area (Å²) in [5.41, 5.74) is 3.87. The summed E-state index contributed by atoms with van der Waals surface area (Å²) < 4.78 is 6.88. The molecule has 3 unspecified atom stereocenters. The molecule has 3 atom stereocenters. The van der Waals surface area contributed by atoms with Crippen molar-refractivity contribution in [2.24, 2.45) is 0 Å². The minimum absolute atomic E-state index is 0.0629. The van der Waals surface area contributed by atoms with Crippen LogP contribution < -0.4 is 0 Å². The predicted octanol–water partition coefficient (Wildman–Crippen LogP) is 4.51. The summed E-state index contributed by atoms with van der Waals surface area (Å²) in [7, 11) is 4.39. The van der Waals surface area contributed by atoms with Gasteiger partial charge in [-0.3, -0.25) is 0 Å². The third-order valence-corrected chi connectivity index (χ3v) is 5.57. The van der Waals surface area contributed by atoms with Gasteiger partial charge in [0.05, 0.1) is 0 Å². The average Bonchev–Trinajstić information content (AvgIpc) is 2.91. The predicted molar refractivity (Wildman–Crippen MR) is 93.4 cm³/mol. The second kappa shape index (κ2) is 5.77. The Morgan fingerprint density at radius 2 is 1.70 bits per heavy atom. The summed E-state index contributed by atoms with van der Waals surface area (Å²) in [4.78, 5) is 2.36. The van der Waals surface area contributed by atoms with Crippen LogP contribution in [0.2, 0.25) is 0 Å². The Morgan fingerprint density at radius 1 is 0.957 bits per heavy atom. The molecule has 1 spiro atoms. The molecule has 2 aliphatic rings. The Morgan fingerprint density at radius 3 is 2.48 bits per heavy atom. The minimum atomic E-state index is -0.154. The molecule has 1 aliphatic heterocycles. The zero-order chi connectivity index (χ0) is 15.9. The third kappa shape index (κ3) is 2.32. The second-order valence-corrected chi connectivity index (χ2v) is 7.11. The van der Waals surface area contributed by atoms with Crippen LogP contribution >= 0.6 is 0 Å². The Balaban J connectivity index is 1.84. The molecule has 0 N–H and O–H groups in total. The van der Waals surface area contributed by atoms with Crippen LogP contribution in [0.25, 0.3) is 0 Å². The van der Waals surface area contributed by atoms with Crippen LogP contribution in [0.5, 0.6) is 0 Å². The molecule has 4 rings (SSSR count). The number of rotatable bonds is 2. The molecule has 2 aromatic rings. The lowest BCUT2D eigenvalue weighted by atomic mass is 9.75. The van der Waals surface area contributed by atoms with Gasteiger partial charge in [-0.25, -0.2) is 0 Å². The maximum atomic E-state index is 6.88. The van der Waals surface area contributed by atoms with Crippen molar-refractivity contribution in [2.75, 3.05) is 14.1 Å². The van der Waals surface area contributed by atoms with Gasteiger partial charge in [-0.15, -0.1) is 0 Å². The number of likely N-dealkylation sites (N-methyl/N-ethyl adjacent to an activating group) is 1. The Bertz CT molecular complexity index is 681. The van der Waals surface area contributed by atoms with E-state index in [2.05, 4.69) is 73.6 Å². The van der Waals surface area contributed by atoms with Crippen molar-refractivity contribution in [3.05, 3.63) is 71.3 Å². The van der Waals surface area contributed by atoms with Gasteiger partial charge in [0.25, 0.3) is 0 Å². The lowest BCUT2D eigenvalue weighted by Crippen LogP contribution is -2.50. The highest BCUT2D eigenvalue weighted by atomic mass is 16.5. The fourth-order valence-corrected chi connectivity index (χ4v) is 4.58. The summed E-state index contributed by atoms with van der Waals surface area (Å²) in [6.45, 7) is 0. The van der Waals surface area contributed by atoms with Crippen molar-refractivity contribution in [3.63, 3.8) is 0 Å². The standard InChI is InChI=1S/C21H25NO/c1-22(2)19-14-8-9-15-21(19)18-13-7-6-12-17(18)20(23-21)16-10-4-3-5-11-16/h3-7,10-13,19-20H,8-9,14-15H2,1-2H3. The largest absolute Gasteiger partial charge is 0.356 e. The summed E-state index contributed by atoms with van der Waals surface area (Å²) in [6.07, 6.45) is 4.94. The van der Waals surface area contributed by atoms with Gasteiger partial charge in [0.15, 0.2) is 0 Å². The molecule has 0 aromatic heterocycles. The molecule has 2 heteroatoms. The van der Waals surface area contributed by atoms with E-state index in [1.54, 1.807) is 0 Å². The van der Waals surface area contributed by atoms with E-state index in [-0.39, 0.29) is 11.7 Å². The van der Waals surface area contributed by atoms with Gasteiger partial charge in [-0.05, 0) is 43.6 Å². The van der Waals surface area contributed by atoms with Gasteiger partial charge in [0.2, 0.25) is 0 Å². The van der Waals surface area contributed by atoms with E-state index in [0.717, 1.165) is 6.42 Å². The monoisotopic (exact) mass is 307 g/mol. The molecule has 120 valence electrons. The minimum Gasteiger partial charge on any atom is -0.356 e. The van der Waals surface area contributed by atoms with E-state index < -0.39 is 0 Å². The van der Waals surface area contributed by atoms with Crippen molar-refractivity contribution >= 4 is 0 Å². The van der Waals surface area contributed by atoms with Crippen molar-refractivity contribution in [1.29, 1.82) is 0 Å². The van der Waals surface area contributed by atoms with Crippen LogP contribution in [0.15, 0.2) is 54.6 Å². The van der Waals surface area contributed by atoms with Crippen molar-refractivity contribution in [1.82, 2.24) is 4.90 Å². The van der Waals surface area contributed by atoms with E-state index in [9.17, 15) is 0 Å². The first-order valence-electron chi connectivity index (χ1n) is 8.71. The molecular weight excluding hydrogens is 282 g/mol. The summed E-state index contributed by atoms with van der Waals surface area (Å²) >= 11 is 0.